The molecular weight excluding hydrogens is 263 g/mol. The standard InChI is InChI=1S/C10H10BrFN2O/c11-8-4-14-5-9(12)10(8)6-1-7(15)3-13-2-6/h1,4-5,7,13,15H,2-3H2. The molecule has 1 atom stereocenters. The topological polar surface area (TPSA) is 45.2 Å². The molecule has 1 unspecified atom stereocenters. The van der Waals surface area contributed by atoms with Crippen molar-refractivity contribution in [1.82, 2.24) is 10.3 Å². The molecule has 0 bridgehead atoms. The molecule has 3 nitrogen and oxygen atoms in total. The second-order valence-electron chi connectivity index (χ2n) is 3.37. The molecule has 1 aromatic rings. The van der Waals surface area contributed by atoms with Crippen LogP contribution < -0.4 is 5.32 Å². The van der Waals surface area contributed by atoms with Crippen molar-refractivity contribution < 1.29 is 9.50 Å². The molecule has 2 rings (SSSR count). The maximum Gasteiger partial charge on any atom is 0.150 e. The largest absolute Gasteiger partial charge is 0.388 e. The van der Waals surface area contributed by atoms with E-state index in [1.54, 1.807) is 12.3 Å². The minimum Gasteiger partial charge on any atom is -0.388 e. The summed E-state index contributed by atoms with van der Waals surface area (Å²) in [6.45, 7) is 1.06. The van der Waals surface area contributed by atoms with E-state index in [9.17, 15) is 9.50 Å². The van der Waals surface area contributed by atoms with Crippen LogP contribution >= 0.6 is 15.9 Å². The molecule has 0 fully saturated rings. The zero-order valence-corrected chi connectivity index (χ0v) is 9.46. The first-order valence-corrected chi connectivity index (χ1v) is 5.36. The number of nitrogens with one attached hydrogen (secondary N) is 1. The van der Waals surface area contributed by atoms with Crippen LogP contribution in [0.3, 0.4) is 0 Å². The van der Waals surface area contributed by atoms with Crippen LogP contribution in [0.4, 0.5) is 4.39 Å². The minimum atomic E-state index is -0.562. The Kier molecular flexibility index (Phi) is 3.14. The fraction of sp³-hybridized carbons (Fsp3) is 0.300. The Bertz CT molecular complexity index is 388. The zero-order chi connectivity index (χ0) is 10.8. The number of aliphatic hydroxyl groups excluding tert-OH is 1. The van der Waals surface area contributed by atoms with Gasteiger partial charge in [0.2, 0.25) is 0 Å². The number of aliphatic hydroxyl groups is 1. The Hall–Kier alpha value is -0.780. The third kappa shape index (κ3) is 2.25. The monoisotopic (exact) mass is 272 g/mol. The van der Waals surface area contributed by atoms with Crippen molar-refractivity contribution in [2.45, 2.75) is 6.10 Å². The molecule has 0 saturated heterocycles. The number of halogens is 2. The first kappa shape index (κ1) is 10.7. The summed E-state index contributed by atoms with van der Waals surface area (Å²) in [7, 11) is 0. The Morgan fingerprint density at radius 1 is 1.53 bits per heavy atom. The van der Waals surface area contributed by atoms with Gasteiger partial charge in [0.1, 0.15) is 5.82 Å². The van der Waals surface area contributed by atoms with Gasteiger partial charge in [0.25, 0.3) is 0 Å². The van der Waals surface area contributed by atoms with Gasteiger partial charge in [0.15, 0.2) is 0 Å². The van der Waals surface area contributed by atoms with E-state index >= 15 is 0 Å². The summed E-state index contributed by atoms with van der Waals surface area (Å²) in [5.41, 5.74) is 1.22. The highest BCUT2D eigenvalue weighted by atomic mass is 79.9. The SMILES string of the molecule is OC1C=C(c2c(F)cncc2Br)CNC1. The quantitative estimate of drug-likeness (QED) is 0.811. The molecule has 0 radical (unpaired) electrons. The average molecular weight is 273 g/mol. The van der Waals surface area contributed by atoms with Crippen LogP contribution in [0.25, 0.3) is 5.57 Å². The summed E-state index contributed by atoms with van der Waals surface area (Å²) in [5.74, 6) is -0.383. The molecule has 1 aromatic heterocycles. The first-order chi connectivity index (χ1) is 7.18. The molecule has 2 heterocycles. The van der Waals surface area contributed by atoms with Gasteiger partial charge >= 0.3 is 0 Å². The van der Waals surface area contributed by atoms with Crippen molar-refractivity contribution >= 4 is 21.5 Å². The van der Waals surface area contributed by atoms with E-state index in [-0.39, 0.29) is 5.82 Å². The Morgan fingerprint density at radius 3 is 3.00 bits per heavy atom. The smallest absolute Gasteiger partial charge is 0.150 e. The molecule has 1 aliphatic heterocycles. The van der Waals surface area contributed by atoms with E-state index in [1.165, 1.54) is 6.20 Å². The van der Waals surface area contributed by atoms with Crippen molar-refractivity contribution in [3.05, 3.63) is 34.3 Å². The first-order valence-electron chi connectivity index (χ1n) is 4.57. The maximum absolute atomic E-state index is 13.5. The van der Waals surface area contributed by atoms with Gasteiger partial charge in [-0.1, -0.05) is 0 Å². The number of nitrogens with zero attached hydrogens (tertiary/aromatic N) is 1. The van der Waals surface area contributed by atoms with Gasteiger partial charge in [-0.2, -0.15) is 0 Å². The van der Waals surface area contributed by atoms with E-state index in [4.69, 9.17) is 0 Å². The average Bonchev–Trinajstić information content (AvgIpc) is 2.17. The van der Waals surface area contributed by atoms with Gasteiger partial charge in [0.05, 0.1) is 12.3 Å². The van der Waals surface area contributed by atoms with Gasteiger partial charge in [-0.05, 0) is 27.6 Å². The summed E-state index contributed by atoms with van der Waals surface area (Å²) >= 11 is 3.25. The van der Waals surface area contributed by atoms with Crippen molar-refractivity contribution in [3.63, 3.8) is 0 Å². The summed E-state index contributed by atoms with van der Waals surface area (Å²) < 4.78 is 14.1. The van der Waals surface area contributed by atoms with Crippen LogP contribution in [-0.2, 0) is 0 Å². The van der Waals surface area contributed by atoms with E-state index in [2.05, 4.69) is 26.2 Å². The summed E-state index contributed by atoms with van der Waals surface area (Å²) in [6.07, 6.45) is 3.81. The lowest BCUT2D eigenvalue weighted by molar-refractivity contribution is 0.217. The summed E-state index contributed by atoms with van der Waals surface area (Å²) in [6, 6.07) is 0. The van der Waals surface area contributed by atoms with Crippen molar-refractivity contribution in [3.8, 4) is 0 Å². The van der Waals surface area contributed by atoms with Crippen molar-refractivity contribution in [2.75, 3.05) is 13.1 Å². The molecule has 80 valence electrons. The van der Waals surface area contributed by atoms with Crippen molar-refractivity contribution in [2.24, 2.45) is 0 Å². The highest BCUT2D eigenvalue weighted by Crippen LogP contribution is 2.27. The number of β-amino-alcohol motifs (C(OH)–C–C–N with tert-alkyl or cyclic N) is 1. The fourth-order valence-electron chi connectivity index (χ4n) is 1.59. The third-order valence-electron chi connectivity index (χ3n) is 2.24. The zero-order valence-electron chi connectivity index (χ0n) is 7.87. The van der Waals surface area contributed by atoms with Crippen LogP contribution in [0, 0.1) is 5.82 Å². The second kappa shape index (κ2) is 4.38. The lowest BCUT2D eigenvalue weighted by Gasteiger charge is -2.19. The van der Waals surface area contributed by atoms with Gasteiger partial charge in [-0.3, -0.25) is 4.98 Å². The van der Waals surface area contributed by atoms with Crippen LogP contribution in [0.15, 0.2) is 22.9 Å². The molecule has 0 aromatic carbocycles. The lowest BCUT2D eigenvalue weighted by atomic mass is 10.0. The fourth-order valence-corrected chi connectivity index (χ4v) is 2.16. The number of pyridine rings is 1. The summed E-state index contributed by atoms with van der Waals surface area (Å²) in [5, 5.41) is 12.4. The van der Waals surface area contributed by atoms with Gasteiger partial charge in [-0.15, -0.1) is 0 Å². The minimum absolute atomic E-state index is 0.383. The molecular formula is C10H10BrFN2O. The third-order valence-corrected chi connectivity index (χ3v) is 2.84. The lowest BCUT2D eigenvalue weighted by Crippen LogP contribution is -2.32. The summed E-state index contributed by atoms with van der Waals surface area (Å²) in [4.78, 5) is 3.73. The normalized spacial score (nSPS) is 21.3. The molecule has 0 saturated carbocycles. The highest BCUT2D eigenvalue weighted by Gasteiger charge is 2.17. The molecule has 0 spiro atoms. The predicted octanol–water partition coefficient (Wildman–Crippen LogP) is 1.33. The van der Waals surface area contributed by atoms with Gasteiger partial charge < -0.3 is 10.4 Å². The van der Waals surface area contributed by atoms with E-state index in [0.717, 1.165) is 5.57 Å². The van der Waals surface area contributed by atoms with Crippen LogP contribution in [0.2, 0.25) is 0 Å². The number of rotatable bonds is 1. The number of hydrogen-bond donors (Lipinski definition) is 2. The van der Waals surface area contributed by atoms with E-state index in [0.29, 0.717) is 23.1 Å². The highest BCUT2D eigenvalue weighted by molar-refractivity contribution is 9.10. The van der Waals surface area contributed by atoms with E-state index < -0.39 is 6.10 Å². The van der Waals surface area contributed by atoms with Crippen LogP contribution in [0.5, 0.6) is 0 Å². The molecule has 15 heavy (non-hydrogen) atoms. The van der Waals surface area contributed by atoms with Crippen LogP contribution in [-0.4, -0.2) is 29.3 Å². The number of aromatic nitrogens is 1. The molecule has 0 amide bonds. The second-order valence-corrected chi connectivity index (χ2v) is 4.22. The molecule has 2 N–H and O–H groups in total. The Balaban J connectivity index is 2.45. The van der Waals surface area contributed by atoms with E-state index in [1.807, 2.05) is 0 Å². The predicted molar refractivity (Wildman–Crippen MR) is 58.7 cm³/mol. The van der Waals surface area contributed by atoms with Crippen molar-refractivity contribution in [1.29, 1.82) is 0 Å². The van der Waals surface area contributed by atoms with Gasteiger partial charge in [0, 0.05) is 29.3 Å². The Morgan fingerprint density at radius 2 is 2.33 bits per heavy atom. The molecule has 1 aliphatic rings. The Labute approximate surface area is 95.2 Å². The molecule has 0 aliphatic carbocycles. The van der Waals surface area contributed by atoms with Crippen LogP contribution in [0.1, 0.15) is 5.56 Å². The maximum atomic E-state index is 13.5. The van der Waals surface area contributed by atoms with Gasteiger partial charge in [-0.25, -0.2) is 4.39 Å². The molecule has 5 heteroatoms. The number of hydrogen-bond acceptors (Lipinski definition) is 3.